The van der Waals surface area contributed by atoms with Crippen LogP contribution in [0.4, 0.5) is 11.6 Å². The van der Waals surface area contributed by atoms with E-state index in [0.29, 0.717) is 0 Å². The van der Waals surface area contributed by atoms with E-state index in [-0.39, 0.29) is 0 Å². The second-order valence-electron chi connectivity index (χ2n) is 5.11. The first kappa shape index (κ1) is 10.8. The summed E-state index contributed by atoms with van der Waals surface area (Å²) in [7, 11) is 1.93. The summed E-state index contributed by atoms with van der Waals surface area (Å²) in [6.45, 7) is 3.37. The van der Waals surface area contributed by atoms with E-state index in [4.69, 9.17) is 0 Å². The van der Waals surface area contributed by atoms with Gasteiger partial charge in [-0.15, -0.1) is 0 Å². The summed E-state index contributed by atoms with van der Waals surface area (Å²) in [4.78, 5) is 11.4. The molecule has 1 saturated carbocycles. The highest BCUT2D eigenvalue weighted by Gasteiger charge is 2.39. The van der Waals surface area contributed by atoms with Gasteiger partial charge in [0.15, 0.2) is 0 Å². The highest BCUT2D eigenvalue weighted by molar-refractivity contribution is 5.59. The van der Waals surface area contributed by atoms with Gasteiger partial charge in [0.1, 0.15) is 18.0 Å². The molecule has 2 aliphatic rings. The third-order valence-electron chi connectivity index (χ3n) is 4.19. The summed E-state index contributed by atoms with van der Waals surface area (Å²) >= 11 is 0. The van der Waals surface area contributed by atoms with Crippen LogP contribution in [0.1, 0.15) is 31.7 Å². The van der Waals surface area contributed by atoms with E-state index in [0.717, 1.165) is 24.2 Å². The molecule has 0 aromatic carbocycles. The summed E-state index contributed by atoms with van der Waals surface area (Å²) in [6, 6.07) is 0.727. The molecule has 1 aromatic heterocycles. The fourth-order valence-electron chi connectivity index (χ4n) is 3.38. The minimum atomic E-state index is 0.727. The molecule has 3 rings (SSSR count). The zero-order valence-corrected chi connectivity index (χ0v) is 10.6. The van der Waals surface area contributed by atoms with Crippen molar-refractivity contribution in [2.24, 2.45) is 5.92 Å². The Balaban J connectivity index is 1.97. The van der Waals surface area contributed by atoms with E-state index in [1.807, 2.05) is 7.05 Å². The standard InChI is InChI=1S/C13H20N4/c1-3-11-12(14-2)15-8-16-13(11)17-7-9-4-5-10(17)6-9/h8-10H,3-7H2,1-2H3,(H,14,15,16). The minimum Gasteiger partial charge on any atom is -0.373 e. The lowest BCUT2D eigenvalue weighted by atomic mass is 10.1. The molecule has 0 spiro atoms. The molecule has 1 aliphatic heterocycles. The average molecular weight is 232 g/mol. The van der Waals surface area contributed by atoms with Crippen LogP contribution in [-0.4, -0.2) is 29.6 Å². The first-order valence-corrected chi connectivity index (χ1v) is 6.61. The Hall–Kier alpha value is -1.32. The average Bonchev–Trinajstić information content (AvgIpc) is 2.99. The van der Waals surface area contributed by atoms with Gasteiger partial charge < -0.3 is 10.2 Å². The van der Waals surface area contributed by atoms with Gasteiger partial charge in [-0.2, -0.15) is 0 Å². The molecule has 4 nitrogen and oxygen atoms in total. The van der Waals surface area contributed by atoms with Gasteiger partial charge >= 0.3 is 0 Å². The van der Waals surface area contributed by atoms with Crippen molar-refractivity contribution in [2.75, 3.05) is 23.8 Å². The molecule has 2 bridgehead atoms. The van der Waals surface area contributed by atoms with E-state index in [2.05, 4.69) is 27.1 Å². The van der Waals surface area contributed by atoms with E-state index in [1.54, 1.807) is 6.33 Å². The van der Waals surface area contributed by atoms with Gasteiger partial charge in [0, 0.05) is 25.2 Å². The van der Waals surface area contributed by atoms with Gasteiger partial charge in [-0.1, -0.05) is 6.92 Å². The molecule has 0 radical (unpaired) electrons. The Morgan fingerprint density at radius 1 is 1.41 bits per heavy atom. The lowest BCUT2D eigenvalue weighted by Crippen LogP contribution is -2.33. The Bertz CT molecular complexity index is 418. The molecule has 1 saturated heterocycles. The maximum absolute atomic E-state index is 4.53. The van der Waals surface area contributed by atoms with Crippen LogP contribution in [-0.2, 0) is 6.42 Å². The highest BCUT2D eigenvalue weighted by Crippen LogP contribution is 2.41. The molecule has 2 atom stereocenters. The Morgan fingerprint density at radius 3 is 2.88 bits per heavy atom. The number of anilines is 2. The van der Waals surface area contributed by atoms with Crippen molar-refractivity contribution in [3.05, 3.63) is 11.9 Å². The predicted octanol–water partition coefficient (Wildman–Crippen LogP) is 2.07. The minimum absolute atomic E-state index is 0.727. The van der Waals surface area contributed by atoms with E-state index in [1.165, 1.54) is 37.2 Å². The molecule has 92 valence electrons. The largest absolute Gasteiger partial charge is 0.373 e. The summed E-state index contributed by atoms with van der Waals surface area (Å²) < 4.78 is 0. The molecular formula is C13H20N4. The van der Waals surface area contributed by atoms with Crippen LogP contribution < -0.4 is 10.2 Å². The molecule has 2 fully saturated rings. The first-order valence-electron chi connectivity index (χ1n) is 6.61. The number of nitrogens with one attached hydrogen (secondary N) is 1. The van der Waals surface area contributed by atoms with Gasteiger partial charge in [-0.3, -0.25) is 0 Å². The molecule has 0 amide bonds. The van der Waals surface area contributed by atoms with Crippen molar-refractivity contribution in [3.8, 4) is 0 Å². The van der Waals surface area contributed by atoms with Gasteiger partial charge in [0.2, 0.25) is 0 Å². The molecule has 1 N–H and O–H groups in total. The van der Waals surface area contributed by atoms with Crippen LogP contribution >= 0.6 is 0 Å². The summed E-state index contributed by atoms with van der Waals surface area (Å²) in [5.41, 5.74) is 1.27. The maximum atomic E-state index is 4.53. The lowest BCUT2D eigenvalue weighted by Gasteiger charge is -2.30. The predicted molar refractivity (Wildman–Crippen MR) is 69.4 cm³/mol. The van der Waals surface area contributed by atoms with Crippen LogP contribution in [0.5, 0.6) is 0 Å². The Morgan fingerprint density at radius 2 is 2.29 bits per heavy atom. The SMILES string of the molecule is CCc1c(NC)ncnc1N1CC2CCC1C2. The molecule has 1 aliphatic carbocycles. The molecule has 2 heterocycles. The van der Waals surface area contributed by atoms with Crippen molar-refractivity contribution in [3.63, 3.8) is 0 Å². The second kappa shape index (κ2) is 4.17. The first-order chi connectivity index (χ1) is 8.33. The number of fused-ring (bicyclic) bond motifs is 2. The number of rotatable bonds is 3. The van der Waals surface area contributed by atoms with Crippen molar-refractivity contribution in [1.29, 1.82) is 0 Å². The van der Waals surface area contributed by atoms with Crippen LogP contribution in [0.2, 0.25) is 0 Å². The van der Waals surface area contributed by atoms with E-state index >= 15 is 0 Å². The van der Waals surface area contributed by atoms with Gasteiger partial charge in [-0.05, 0) is 31.6 Å². The lowest BCUT2D eigenvalue weighted by molar-refractivity contribution is 0.549. The van der Waals surface area contributed by atoms with Gasteiger partial charge in [0.25, 0.3) is 0 Å². The third kappa shape index (κ3) is 1.66. The number of nitrogens with zero attached hydrogens (tertiary/aromatic N) is 3. The van der Waals surface area contributed by atoms with Crippen molar-refractivity contribution < 1.29 is 0 Å². The third-order valence-corrected chi connectivity index (χ3v) is 4.19. The van der Waals surface area contributed by atoms with E-state index < -0.39 is 0 Å². The molecular weight excluding hydrogens is 212 g/mol. The van der Waals surface area contributed by atoms with Crippen LogP contribution in [0, 0.1) is 5.92 Å². The highest BCUT2D eigenvalue weighted by atomic mass is 15.3. The zero-order chi connectivity index (χ0) is 11.8. The van der Waals surface area contributed by atoms with Gasteiger partial charge in [-0.25, -0.2) is 9.97 Å². The van der Waals surface area contributed by atoms with Crippen LogP contribution in [0.3, 0.4) is 0 Å². The number of hydrogen-bond acceptors (Lipinski definition) is 4. The quantitative estimate of drug-likeness (QED) is 0.866. The van der Waals surface area contributed by atoms with Crippen LogP contribution in [0.25, 0.3) is 0 Å². The zero-order valence-electron chi connectivity index (χ0n) is 10.6. The topological polar surface area (TPSA) is 41.1 Å². The molecule has 17 heavy (non-hydrogen) atoms. The molecule has 1 aromatic rings. The van der Waals surface area contributed by atoms with E-state index in [9.17, 15) is 0 Å². The summed E-state index contributed by atoms with van der Waals surface area (Å²) in [5, 5.41) is 3.18. The van der Waals surface area contributed by atoms with Gasteiger partial charge in [0.05, 0.1) is 0 Å². The normalized spacial score (nSPS) is 26.6. The fraction of sp³-hybridized carbons (Fsp3) is 0.692. The number of aromatic nitrogens is 2. The second-order valence-corrected chi connectivity index (χ2v) is 5.11. The fourth-order valence-corrected chi connectivity index (χ4v) is 3.38. The summed E-state index contributed by atoms with van der Waals surface area (Å²) in [5.74, 6) is 3.05. The van der Waals surface area contributed by atoms with Crippen molar-refractivity contribution in [1.82, 2.24) is 9.97 Å². The molecule has 4 heteroatoms. The number of hydrogen-bond donors (Lipinski definition) is 1. The van der Waals surface area contributed by atoms with Crippen molar-refractivity contribution in [2.45, 2.75) is 38.6 Å². The molecule has 2 unspecified atom stereocenters. The Labute approximate surface area is 102 Å². The Kier molecular flexibility index (Phi) is 2.65. The summed E-state index contributed by atoms with van der Waals surface area (Å²) in [6.07, 6.45) is 6.79. The monoisotopic (exact) mass is 232 g/mol. The van der Waals surface area contributed by atoms with Crippen LogP contribution in [0.15, 0.2) is 6.33 Å². The van der Waals surface area contributed by atoms with Crippen molar-refractivity contribution >= 4 is 11.6 Å². The maximum Gasteiger partial charge on any atom is 0.137 e. The number of piperidine rings is 1. The smallest absolute Gasteiger partial charge is 0.137 e.